The highest BCUT2D eigenvalue weighted by Gasteiger charge is 2.14. The Morgan fingerprint density at radius 3 is 2.68 bits per heavy atom. The van der Waals surface area contributed by atoms with Crippen LogP contribution in [0.1, 0.15) is 18.5 Å². The molecule has 0 aliphatic heterocycles. The van der Waals surface area contributed by atoms with Gasteiger partial charge < -0.3 is 14.8 Å². The molecule has 0 unspecified atom stereocenters. The van der Waals surface area contributed by atoms with Crippen LogP contribution >= 0.6 is 11.3 Å². The number of fused-ring (bicyclic) bond motifs is 3. The monoisotopic (exact) mass is 437 g/mol. The number of aryl methyl sites for hydroxylation is 2. The van der Waals surface area contributed by atoms with Crippen LogP contribution in [0.4, 0.5) is 5.69 Å². The Labute approximate surface area is 183 Å². The maximum absolute atomic E-state index is 13.0. The van der Waals surface area contributed by atoms with Crippen LogP contribution in [0.25, 0.3) is 20.2 Å². The highest BCUT2D eigenvalue weighted by molar-refractivity contribution is 7.26. The lowest BCUT2D eigenvalue weighted by atomic mass is 10.2. The summed E-state index contributed by atoms with van der Waals surface area (Å²) in [5.74, 6) is 1.000. The molecule has 0 saturated carbocycles. The van der Waals surface area contributed by atoms with Crippen molar-refractivity contribution < 1.29 is 14.3 Å². The average Bonchev–Trinajstić information content (AvgIpc) is 3.17. The molecular weight excluding hydrogens is 414 g/mol. The number of nitrogens with zero attached hydrogens (tertiary/aromatic N) is 2. The fraction of sp³-hybridized carbons (Fsp3) is 0.261. The Bertz CT molecular complexity index is 1330. The number of thiophene rings is 1. The fourth-order valence-corrected chi connectivity index (χ4v) is 4.73. The Balaban J connectivity index is 1.46. The van der Waals surface area contributed by atoms with E-state index in [1.165, 1.54) is 4.68 Å². The number of carbonyl (C=O) groups is 1. The molecule has 0 spiro atoms. The van der Waals surface area contributed by atoms with Gasteiger partial charge in [-0.3, -0.25) is 9.59 Å². The van der Waals surface area contributed by atoms with Crippen LogP contribution in [0.2, 0.25) is 0 Å². The number of nitrogens with one attached hydrogen (secondary N) is 1. The van der Waals surface area contributed by atoms with E-state index < -0.39 is 0 Å². The standard InChI is InChI=1S/C23H23N3O4S/c1-14-22-21(16-7-4-5-8-19(16)31-22)23(28)26(25-14)12-6-9-20(27)24-15-10-11-17(29-2)18(13-15)30-3/h4-5,7-8,10-11,13H,6,9,12H2,1-3H3,(H,24,27). The van der Waals surface area contributed by atoms with Crippen molar-refractivity contribution in [3.05, 3.63) is 58.5 Å². The van der Waals surface area contributed by atoms with Gasteiger partial charge in [-0.05, 0) is 31.5 Å². The van der Waals surface area contributed by atoms with E-state index in [9.17, 15) is 9.59 Å². The second-order valence-corrected chi connectivity index (χ2v) is 8.19. The van der Waals surface area contributed by atoms with Gasteiger partial charge in [-0.1, -0.05) is 18.2 Å². The third-order valence-corrected chi connectivity index (χ3v) is 6.36. The largest absolute Gasteiger partial charge is 0.493 e. The number of anilines is 1. The second-order valence-electron chi connectivity index (χ2n) is 7.14. The molecule has 0 fully saturated rings. The van der Waals surface area contributed by atoms with Crippen LogP contribution in [-0.2, 0) is 11.3 Å². The Kier molecular flexibility index (Phi) is 5.90. The van der Waals surface area contributed by atoms with Crippen LogP contribution < -0.4 is 20.3 Å². The van der Waals surface area contributed by atoms with E-state index in [1.54, 1.807) is 43.8 Å². The number of aromatic nitrogens is 2. The topological polar surface area (TPSA) is 82.5 Å². The van der Waals surface area contributed by atoms with Crippen molar-refractivity contribution >= 4 is 43.1 Å². The first-order valence-electron chi connectivity index (χ1n) is 9.92. The molecule has 31 heavy (non-hydrogen) atoms. The van der Waals surface area contributed by atoms with E-state index in [-0.39, 0.29) is 17.9 Å². The van der Waals surface area contributed by atoms with E-state index in [2.05, 4.69) is 10.4 Å². The van der Waals surface area contributed by atoms with Gasteiger partial charge in [0, 0.05) is 34.8 Å². The lowest BCUT2D eigenvalue weighted by molar-refractivity contribution is -0.116. The van der Waals surface area contributed by atoms with E-state index >= 15 is 0 Å². The molecule has 0 aliphatic rings. The predicted octanol–water partition coefficient (Wildman–Crippen LogP) is 4.36. The number of benzene rings is 2. The number of hydrogen-bond acceptors (Lipinski definition) is 6. The van der Waals surface area contributed by atoms with Gasteiger partial charge in [0.25, 0.3) is 5.56 Å². The molecule has 0 saturated heterocycles. The molecule has 1 N–H and O–H groups in total. The smallest absolute Gasteiger partial charge is 0.276 e. The molecule has 4 rings (SSSR count). The van der Waals surface area contributed by atoms with Gasteiger partial charge in [0.1, 0.15) is 0 Å². The van der Waals surface area contributed by atoms with Gasteiger partial charge in [-0.25, -0.2) is 4.68 Å². The average molecular weight is 438 g/mol. The normalized spacial score (nSPS) is 11.1. The highest BCUT2D eigenvalue weighted by atomic mass is 32.1. The van der Waals surface area contributed by atoms with Crippen molar-refractivity contribution in [2.45, 2.75) is 26.3 Å². The van der Waals surface area contributed by atoms with Crippen molar-refractivity contribution in [3.63, 3.8) is 0 Å². The summed E-state index contributed by atoms with van der Waals surface area (Å²) < 4.78 is 13.9. The van der Waals surface area contributed by atoms with Crippen LogP contribution in [0.3, 0.4) is 0 Å². The van der Waals surface area contributed by atoms with Crippen molar-refractivity contribution in [2.24, 2.45) is 0 Å². The summed E-state index contributed by atoms with van der Waals surface area (Å²) >= 11 is 1.59. The first kappa shape index (κ1) is 20.9. The molecule has 1 amide bonds. The van der Waals surface area contributed by atoms with Gasteiger partial charge in [0.05, 0.1) is 30.0 Å². The number of amides is 1. The number of methoxy groups -OCH3 is 2. The summed E-state index contributed by atoms with van der Waals surface area (Å²) in [6, 6.07) is 13.1. The summed E-state index contributed by atoms with van der Waals surface area (Å²) in [4.78, 5) is 25.4. The van der Waals surface area contributed by atoms with Gasteiger partial charge in [0.2, 0.25) is 5.91 Å². The number of rotatable bonds is 7. The van der Waals surface area contributed by atoms with Gasteiger partial charge in [-0.15, -0.1) is 11.3 Å². The zero-order chi connectivity index (χ0) is 22.0. The molecule has 7 nitrogen and oxygen atoms in total. The second kappa shape index (κ2) is 8.77. The van der Waals surface area contributed by atoms with E-state index in [1.807, 2.05) is 31.2 Å². The van der Waals surface area contributed by atoms with Crippen LogP contribution in [0.5, 0.6) is 11.5 Å². The minimum absolute atomic E-state index is 0.113. The van der Waals surface area contributed by atoms with E-state index in [0.717, 1.165) is 20.5 Å². The summed E-state index contributed by atoms with van der Waals surface area (Å²) in [5.41, 5.74) is 1.34. The molecule has 2 heterocycles. The zero-order valence-electron chi connectivity index (χ0n) is 17.6. The molecule has 8 heteroatoms. The summed E-state index contributed by atoms with van der Waals surface area (Å²) in [6.07, 6.45) is 0.767. The van der Waals surface area contributed by atoms with Gasteiger partial charge in [0.15, 0.2) is 11.5 Å². The van der Waals surface area contributed by atoms with Crippen molar-refractivity contribution in [1.82, 2.24) is 9.78 Å². The Morgan fingerprint density at radius 2 is 1.90 bits per heavy atom. The molecule has 4 aromatic rings. The molecule has 2 aromatic carbocycles. The maximum Gasteiger partial charge on any atom is 0.276 e. The Hall–Kier alpha value is -3.39. The zero-order valence-corrected chi connectivity index (χ0v) is 18.4. The number of ether oxygens (including phenoxy) is 2. The predicted molar refractivity (Wildman–Crippen MR) is 124 cm³/mol. The number of carbonyl (C=O) groups excluding carboxylic acids is 1. The maximum atomic E-state index is 13.0. The van der Waals surface area contributed by atoms with E-state index in [0.29, 0.717) is 35.5 Å². The van der Waals surface area contributed by atoms with Crippen molar-refractivity contribution in [3.8, 4) is 11.5 Å². The van der Waals surface area contributed by atoms with Gasteiger partial charge in [-0.2, -0.15) is 5.10 Å². The minimum atomic E-state index is -0.140. The van der Waals surface area contributed by atoms with Crippen molar-refractivity contribution in [2.75, 3.05) is 19.5 Å². The minimum Gasteiger partial charge on any atom is -0.493 e. The quantitative estimate of drug-likeness (QED) is 0.465. The van der Waals surface area contributed by atoms with Crippen LogP contribution in [0, 0.1) is 6.92 Å². The molecule has 0 aliphatic carbocycles. The first-order chi connectivity index (χ1) is 15.0. The van der Waals surface area contributed by atoms with Crippen molar-refractivity contribution in [1.29, 1.82) is 0 Å². The van der Waals surface area contributed by atoms with Crippen LogP contribution in [-0.4, -0.2) is 29.9 Å². The first-order valence-corrected chi connectivity index (χ1v) is 10.7. The fourth-order valence-electron chi connectivity index (χ4n) is 3.59. The Morgan fingerprint density at radius 1 is 1.13 bits per heavy atom. The summed E-state index contributed by atoms with van der Waals surface area (Å²) in [5, 5.41) is 8.99. The molecule has 0 bridgehead atoms. The lowest BCUT2D eigenvalue weighted by Gasteiger charge is -2.11. The third kappa shape index (κ3) is 4.11. The molecule has 2 aromatic heterocycles. The summed E-state index contributed by atoms with van der Waals surface area (Å²) in [6.45, 7) is 2.29. The number of hydrogen-bond donors (Lipinski definition) is 1. The lowest BCUT2D eigenvalue weighted by Crippen LogP contribution is -2.24. The SMILES string of the molecule is COc1ccc(NC(=O)CCCn2nc(C)c3sc4ccccc4c3c2=O)cc1OC. The third-order valence-electron chi connectivity index (χ3n) is 5.08. The van der Waals surface area contributed by atoms with E-state index in [4.69, 9.17) is 9.47 Å². The molecular formula is C23H23N3O4S. The summed E-state index contributed by atoms with van der Waals surface area (Å²) in [7, 11) is 3.10. The van der Waals surface area contributed by atoms with Crippen LogP contribution in [0.15, 0.2) is 47.3 Å². The molecule has 160 valence electrons. The molecule has 0 radical (unpaired) electrons. The highest BCUT2D eigenvalue weighted by Crippen LogP contribution is 2.32. The van der Waals surface area contributed by atoms with Gasteiger partial charge >= 0.3 is 0 Å². The molecule has 0 atom stereocenters.